The Balaban J connectivity index is 1.44. The Bertz CT molecular complexity index is 1540. The summed E-state index contributed by atoms with van der Waals surface area (Å²) in [6.45, 7) is 10.5. The van der Waals surface area contributed by atoms with Crippen LogP contribution in [-0.2, 0) is 0 Å². The molecule has 8 nitrogen and oxygen atoms in total. The molecule has 3 N–H and O–H groups in total. The molecule has 0 radical (unpaired) electrons. The third-order valence-electron chi connectivity index (χ3n) is 11.5. The van der Waals surface area contributed by atoms with Crippen LogP contribution in [0.25, 0.3) is 5.69 Å². The Kier molecular flexibility index (Phi) is 7.79. The number of fused-ring (bicyclic) bond motifs is 5. The third-order valence-corrected chi connectivity index (χ3v) is 11.5. The molecular formula is C35H49N3O5. The normalized spacial score (nSPS) is 33.1. The molecule has 2 saturated carbocycles. The third kappa shape index (κ3) is 5.13. The van der Waals surface area contributed by atoms with E-state index in [2.05, 4.69) is 19.9 Å². The van der Waals surface area contributed by atoms with Crippen LogP contribution in [-0.4, -0.2) is 47.1 Å². The fourth-order valence-corrected chi connectivity index (χ4v) is 9.31. The minimum Gasteiger partial charge on any atom is -0.393 e. The average Bonchev–Trinajstić information content (AvgIpc) is 3.43. The molecule has 43 heavy (non-hydrogen) atoms. The number of benzene rings is 1. The lowest BCUT2D eigenvalue weighted by Crippen LogP contribution is -2.46. The summed E-state index contributed by atoms with van der Waals surface area (Å²) >= 11 is 0. The molecule has 2 fully saturated rings. The summed E-state index contributed by atoms with van der Waals surface area (Å²) < 4.78 is 4.61. The highest BCUT2D eigenvalue weighted by Gasteiger charge is 2.55. The van der Waals surface area contributed by atoms with Crippen LogP contribution < -0.4 is 11.4 Å². The highest BCUT2D eigenvalue weighted by molar-refractivity contribution is 5.37. The van der Waals surface area contributed by atoms with Crippen molar-refractivity contribution in [2.45, 2.75) is 122 Å². The fourth-order valence-electron chi connectivity index (χ4n) is 9.31. The molecule has 1 aliphatic heterocycles. The SMILES string of the molecule is CC1=C(C2C=C3[C@@H](CC[C@]4(C)[C@H]3CC[C@H]4[C@@H](C)CCCC(C)(C)O)n3c(=O)n(-c4ccccc4)c(=O)n32)C[C@H](O)C[C@H]1O. The standard InChI is InChI=1S/C35H49N3O5/c1-21(10-9-16-34(3,4)43)27-13-14-28-26-20-30(25-18-24(39)19-31(40)22(25)2)38-33(42)36(23-11-7-6-8-12-23)32(41)37(38)29(26)15-17-35(27,28)5/h6-8,11-12,20-21,24,27-31,39-40,43H,9-10,13-19H2,1-5H3/t21-,24-,27-,28-,29+,30?,31+,35-/m0/s1. The lowest BCUT2D eigenvalue weighted by Gasteiger charge is -2.49. The van der Waals surface area contributed by atoms with E-state index in [1.165, 1.54) is 10.1 Å². The molecule has 1 aromatic carbocycles. The van der Waals surface area contributed by atoms with Crippen molar-refractivity contribution in [3.8, 4) is 5.69 Å². The Morgan fingerprint density at radius 2 is 1.74 bits per heavy atom. The minimum absolute atomic E-state index is 0.0874. The summed E-state index contributed by atoms with van der Waals surface area (Å²) in [4.78, 5) is 28.4. The number of aliphatic hydroxyl groups excluding tert-OH is 2. The molecule has 6 rings (SSSR count). The van der Waals surface area contributed by atoms with Gasteiger partial charge in [-0.05, 0) is 111 Å². The number of allylic oxidation sites excluding steroid dienone is 2. The van der Waals surface area contributed by atoms with Gasteiger partial charge in [-0.1, -0.05) is 51.0 Å². The minimum atomic E-state index is -0.779. The summed E-state index contributed by atoms with van der Waals surface area (Å²) in [6, 6.07) is 8.38. The van der Waals surface area contributed by atoms with Gasteiger partial charge in [0.05, 0.1) is 35.6 Å². The zero-order valence-electron chi connectivity index (χ0n) is 26.4. The highest BCUT2D eigenvalue weighted by Crippen LogP contribution is 2.62. The number of rotatable bonds is 7. The molecule has 0 bridgehead atoms. The lowest BCUT2D eigenvalue weighted by atomic mass is 9.59. The lowest BCUT2D eigenvalue weighted by molar-refractivity contribution is 0.0538. The van der Waals surface area contributed by atoms with Gasteiger partial charge in [-0.25, -0.2) is 23.5 Å². The van der Waals surface area contributed by atoms with Crippen LogP contribution in [0.4, 0.5) is 0 Å². The molecule has 3 aliphatic carbocycles. The van der Waals surface area contributed by atoms with Gasteiger partial charge >= 0.3 is 11.4 Å². The van der Waals surface area contributed by atoms with Gasteiger partial charge in [-0.15, -0.1) is 0 Å². The van der Waals surface area contributed by atoms with Crippen LogP contribution in [0.2, 0.25) is 0 Å². The van der Waals surface area contributed by atoms with E-state index in [0.717, 1.165) is 56.1 Å². The van der Waals surface area contributed by atoms with E-state index in [0.29, 0.717) is 29.9 Å². The summed E-state index contributed by atoms with van der Waals surface area (Å²) in [5, 5.41) is 31.8. The number of hydrogen-bond donors (Lipinski definition) is 3. The maximum absolute atomic E-state index is 14.2. The second kappa shape index (κ2) is 11.0. The van der Waals surface area contributed by atoms with E-state index in [-0.39, 0.29) is 29.3 Å². The molecule has 0 saturated heterocycles. The molecule has 8 heteroatoms. The first-order valence-electron chi connectivity index (χ1n) is 16.3. The van der Waals surface area contributed by atoms with Gasteiger partial charge in [0.15, 0.2) is 0 Å². The number of aliphatic hydroxyl groups is 3. The molecule has 1 unspecified atom stereocenters. The Morgan fingerprint density at radius 1 is 1.05 bits per heavy atom. The first-order valence-corrected chi connectivity index (χ1v) is 16.3. The van der Waals surface area contributed by atoms with E-state index < -0.39 is 23.9 Å². The molecular weight excluding hydrogens is 542 g/mol. The van der Waals surface area contributed by atoms with E-state index in [1.54, 1.807) is 21.5 Å². The van der Waals surface area contributed by atoms with Crippen molar-refractivity contribution in [2.24, 2.45) is 23.2 Å². The second-order valence-electron chi connectivity index (χ2n) is 14.8. The number of nitrogens with zero attached hydrogens (tertiary/aromatic N) is 3. The molecule has 8 atom stereocenters. The van der Waals surface area contributed by atoms with Gasteiger partial charge in [0.2, 0.25) is 0 Å². The van der Waals surface area contributed by atoms with Gasteiger partial charge in [0, 0.05) is 6.42 Å². The summed E-state index contributed by atoms with van der Waals surface area (Å²) in [6.07, 6.45) is 8.24. The van der Waals surface area contributed by atoms with Gasteiger partial charge in [-0.3, -0.25) is 0 Å². The van der Waals surface area contributed by atoms with Crippen molar-refractivity contribution >= 4 is 0 Å². The van der Waals surface area contributed by atoms with Crippen LogP contribution >= 0.6 is 0 Å². The molecule has 234 valence electrons. The fraction of sp³-hybridized carbons (Fsp3) is 0.657. The molecule has 4 aliphatic rings. The predicted octanol–water partition coefficient (Wildman–Crippen LogP) is 5.06. The summed E-state index contributed by atoms with van der Waals surface area (Å²) in [5.74, 6) is 1.38. The van der Waals surface area contributed by atoms with Gasteiger partial charge in [-0.2, -0.15) is 0 Å². The van der Waals surface area contributed by atoms with Crippen LogP contribution in [0, 0.1) is 23.2 Å². The molecule has 2 aromatic rings. The zero-order valence-corrected chi connectivity index (χ0v) is 26.4. The number of para-hydroxylation sites is 1. The first kappa shape index (κ1) is 30.4. The number of aromatic nitrogens is 3. The Labute approximate surface area is 254 Å². The van der Waals surface area contributed by atoms with Crippen molar-refractivity contribution in [1.29, 1.82) is 0 Å². The van der Waals surface area contributed by atoms with Crippen LogP contribution in [0.15, 0.2) is 62.7 Å². The quantitative estimate of drug-likeness (QED) is 0.390. The van der Waals surface area contributed by atoms with Gasteiger partial charge < -0.3 is 15.3 Å². The van der Waals surface area contributed by atoms with Crippen LogP contribution in [0.5, 0.6) is 0 Å². The average molecular weight is 592 g/mol. The number of hydrogen-bond acceptors (Lipinski definition) is 5. The van der Waals surface area contributed by atoms with Crippen molar-refractivity contribution < 1.29 is 15.3 Å². The van der Waals surface area contributed by atoms with Crippen molar-refractivity contribution in [1.82, 2.24) is 13.9 Å². The van der Waals surface area contributed by atoms with E-state index in [4.69, 9.17) is 0 Å². The van der Waals surface area contributed by atoms with Gasteiger partial charge in [0.25, 0.3) is 0 Å². The van der Waals surface area contributed by atoms with Crippen molar-refractivity contribution in [2.75, 3.05) is 0 Å². The maximum Gasteiger partial charge on any atom is 0.352 e. The van der Waals surface area contributed by atoms with Crippen LogP contribution in [0.3, 0.4) is 0 Å². The highest BCUT2D eigenvalue weighted by atomic mass is 16.3. The van der Waals surface area contributed by atoms with Crippen LogP contribution in [0.1, 0.15) is 104 Å². The van der Waals surface area contributed by atoms with E-state index in [9.17, 15) is 24.9 Å². The van der Waals surface area contributed by atoms with E-state index >= 15 is 0 Å². The zero-order chi connectivity index (χ0) is 30.8. The first-order chi connectivity index (χ1) is 20.3. The van der Waals surface area contributed by atoms with Crippen molar-refractivity contribution in [3.05, 3.63) is 74.1 Å². The molecule has 0 amide bonds. The summed E-state index contributed by atoms with van der Waals surface area (Å²) in [7, 11) is 0. The Morgan fingerprint density at radius 3 is 2.44 bits per heavy atom. The molecule has 1 aromatic heterocycles. The molecule has 0 spiro atoms. The topological polar surface area (TPSA) is 110 Å². The predicted molar refractivity (Wildman–Crippen MR) is 167 cm³/mol. The Hall–Kier alpha value is -2.68. The smallest absolute Gasteiger partial charge is 0.352 e. The van der Waals surface area contributed by atoms with Gasteiger partial charge in [0.1, 0.15) is 0 Å². The van der Waals surface area contributed by atoms with Crippen molar-refractivity contribution in [3.63, 3.8) is 0 Å². The maximum atomic E-state index is 14.2. The molecule has 2 heterocycles. The van der Waals surface area contributed by atoms with E-state index in [1.807, 2.05) is 39.0 Å². The monoisotopic (exact) mass is 591 g/mol. The summed E-state index contributed by atoms with van der Waals surface area (Å²) in [5.41, 5.74) is 2.13. The second-order valence-corrected chi connectivity index (χ2v) is 14.8. The largest absolute Gasteiger partial charge is 0.393 e.